The molecule has 0 aromatic rings. The van der Waals surface area contributed by atoms with E-state index in [1.165, 1.54) is 161 Å². The summed E-state index contributed by atoms with van der Waals surface area (Å²) in [5.41, 5.74) is 4.83. The zero-order valence-corrected chi connectivity index (χ0v) is 44.5. The van der Waals surface area contributed by atoms with Crippen LogP contribution in [0.25, 0.3) is 0 Å². The van der Waals surface area contributed by atoms with Crippen LogP contribution in [0.3, 0.4) is 0 Å². The highest BCUT2D eigenvalue weighted by Gasteiger charge is 2.38. The van der Waals surface area contributed by atoms with E-state index in [1.807, 2.05) is 41.5 Å². The van der Waals surface area contributed by atoms with Crippen LogP contribution in [-0.4, -0.2) is 91.2 Å². The predicted octanol–water partition coefficient (Wildman–Crippen LogP) is 12.8. The van der Waals surface area contributed by atoms with Gasteiger partial charge >= 0.3 is 17.9 Å². The lowest BCUT2D eigenvalue weighted by Gasteiger charge is -2.41. The van der Waals surface area contributed by atoms with Crippen LogP contribution in [0.5, 0.6) is 0 Å². The lowest BCUT2D eigenvalue weighted by Crippen LogP contribution is -2.59. The number of carbonyl (C=O) groups excluding carboxylic acids is 3. The molecule has 0 aliphatic carbocycles. The van der Waals surface area contributed by atoms with Crippen LogP contribution < -0.4 is 11.1 Å². The largest absolute Gasteiger partial charge is 0.479 e. The highest BCUT2D eigenvalue weighted by molar-refractivity contribution is 5.81. The van der Waals surface area contributed by atoms with Gasteiger partial charge in [-0.15, -0.1) is 0 Å². The van der Waals surface area contributed by atoms with Crippen molar-refractivity contribution in [1.82, 2.24) is 5.32 Å². The Morgan fingerprint density at radius 1 is 0.448 bits per heavy atom. The van der Waals surface area contributed by atoms with Gasteiger partial charge in [-0.25, -0.2) is 4.79 Å². The van der Waals surface area contributed by atoms with Crippen molar-refractivity contribution in [3.63, 3.8) is 0 Å². The SMILES string of the molecule is CC1(N)COC(C)(C)OC1.CCCCCCCCCCCCCCCCCC(=O)OCC(=O)NC1(C)COC(C)(C)OC1.CCCCCCCCCCCCCCCCCC(=O)OCC(=O)O. The van der Waals surface area contributed by atoms with Crippen LogP contribution in [0.15, 0.2) is 0 Å². The molecule has 13 heteroatoms. The molecule has 2 aliphatic heterocycles. The molecular weight excluding hydrogens is 853 g/mol. The molecular formula is C54H104N2O11. The van der Waals surface area contributed by atoms with Gasteiger partial charge in [0, 0.05) is 12.8 Å². The predicted molar refractivity (Wildman–Crippen MR) is 270 cm³/mol. The maximum Gasteiger partial charge on any atom is 0.341 e. The quantitative estimate of drug-likeness (QED) is 0.0396. The van der Waals surface area contributed by atoms with E-state index in [0.717, 1.165) is 32.1 Å². The van der Waals surface area contributed by atoms with Crippen LogP contribution in [0.2, 0.25) is 0 Å². The molecule has 0 saturated carbocycles. The van der Waals surface area contributed by atoms with Crippen LogP contribution in [0.4, 0.5) is 0 Å². The first-order valence-electron chi connectivity index (χ1n) is 27.0. The van der Waals surface area contributed by atoms with Gasteiger partial charge in [-0.3, -0.25) is 14.4 Å². The molecule has 2 aliphatic rings. The van der Waals surface area contributed by atoms with Crippen molar-refractivity contribution >= 4 is 23.8 Å². The van der Waals surface area contributed by atoms with E-state index in [0.29, 0.717) is 39.3 Å². The monoisotopic (exact) mass is 957 g/mol. The fourth-order valence-corrected chi connectivity index (χ4v) is 7.67. The summed E-state index contributed by atoms with van der Waals surface area (Å²) in [6.45, 7) is 16.9. The normalized spacial score (nSPS) is 16.7. The summed E-state index contributed by atoms with van der Waals surface area (Å²) in [6.07, 6.45) is 39.5. The second-order valence-corrected chi connectivity index (χ2v) is 20.8. The lowest BCUT2D eigenvalue weighted by atomic mass is 10.0. The van der Waals surface area contributed by atoms with Gasteiger partial charge in [0.15, 0.2) is 24.8 Å². The van der Waals surface area contributed by atoms with Crippen LogP contribution in [0.1, 0.15) is 261 Å². The van der Waals surface area contributed by atoms with Gasteiger partial charge in [0.2, 0.25) is 0 Å². The standard InChI is InChI=1S/C27H51NO5.C20H38O4.C7H15NO2/c1-5-6-7-8-9-10-11-12-13-14-15-16-17-18-19-20-25(30)31-21-24(29)28-27(4)22-32-26(2,3)33-23-27;1-2-3-4-5-6-7-8-9-10-11-12-13-14-15-16-17-20(23)24-18-19(21)22;1-6(2)9-4-7(3,8)5-10-6/h5-23H2,1-4H3,(H,28,29);2-18H2,1H3,(H,21,22);4-5,8H2,1-3H3. The first kappa shape index (κ1) is 64.7. The minimum absolute atomic E-state index is 0.253. The molecule has 4 N–H and O–H groups in total. The third-order valence-electron chi connectivity index (χ3n) is 12.1. The molecule has 0 bridgehead atoms. The number of unbranched alkanes of at least 4 members (excludes halogenated alkanes) is 28. The lowest BCUT2D eigenvalue weighted by molar-refractivity contribution is -0.268. The Labute approximate surface area is 409 Å². The van der Waals surface area contributed by atoms with Crippen molar-refractivity contribution in [3.8, 4) is 0 Å². The number of carboxylic acid groups (broad SMARTS) is 1. The van der Waals surface area contributed by atoms with Crippen LogP contribution >= 0.6 is 0 Å². The molecule has 2 fully saturated rings. The minimum Gasteiger partial charge on any atom is -0.479 e. The highest BCUT2D eigenvalue weighted by Crippen LogP contribution is 2.24. The number of esters is 2. The van der Waals surface area contributed by atoms with E-state index < -0.39 is 35.7 Å². The molecule has 67 heavy (non-hydrogen) atoms. The number of carbonyl (C=O) groups is 4. The zero-order valence-electron chi connectivity index (χ0n) is 44.5. The Kier molecular flexibility index (Phi) is 39.0. The average Bonchev–Trinajstić information content (AvgIpc) is 3.27. The second-order valence-electron chi connectivity index (χ2n) is 20.8. The van der Waals surface area contributed by atoms with Gasteiger partial charge in [0.05, 0.1) is 37.5 Å². The summed E-state index contributed by atoms with van der Waals surface area (Å²) in [6, 6.07) is 0. The van der Waals surface area contributed by atoms with E-state index in [4.69, 9.17) is 34.5 Å². The summed E-state index contributed by atoms with van der Waals surface area (Å²) < 4.78 is 31.6. The van der Waals surface area contributed by atoms with Gasteiger partial charge in [0.1, 0.15) is 0 Å². The van der Waals surface area contributed by atoms with E-state index in [9.17, 15) is 19.2 Å². The van der Waals surface area contributed by atoms with Crippen molar-refractivity contribution in [2.24, 2.45) is 5.73 Å². The maximum absolute atomic E-state index is 12.1. The van der Waals surface area contributed by atoms with Gasteiger partial charge in [-0.05, 0) is 54.4 Å². The van der Waals surface area contributed by atoms with Gasteiger partial charge in [0.25, 0.3) is 5.91 Å². The van der Waals surface area contributed by atoms with Crippen molar-refractivity contribution in [3.05, 3.63) is 0 Å². The summed E-state index contributed by atoms with van der Waals surface area (Å²) in [5.74, 6) is -3.20. The van der Waals surface area contributed by atoms with E-state index >= 15 is 0 Å². The Hall–Kier alpha value is -2.32. The second kappa shape index (κ2) is 40.4. The van der Waals surface area contributed by atoms with Gasteiger partial charge in [-0.1, -0.05) is 194 Å². The molecule has 0 unspecified atom stereocenters. The molecule has 2 saturated heterocycles. The summed E-state index contributed by atoms with van der Waals surface area (Å²) >= 11 is 0. The first-order chi connectivity index (χ1) is 31.8. The molecule has 0 spiro atoms. The number of hydrogen-bond acceptors (Lipinski definition) is 11. The topological polar surface area (TPSA) is 182 Å². The number of carboxylic acids is 1. The number of nitrogens with two attached hydrogens (primary N) is 1. The molecule has 13 nitrogen and oxygen atoms in total. The number of ether oxygens (including phenoxy) is 6. The first-order valence-corrected chi connectivity index (χ1v) is 27.0. The third-order valence-corrected chi connectivity index (χ3v) is 12.1. The molecule has 0 radical (unpaired) electrons. The minimum atomic E-state index is -1.10. The Morgan fingerprint density at radius 2 is 0.716 bits per heavy atom. The number of hydrogen-bond donors (Lipinski definition) is 3. The van der Waals surface area contributed by atoms with E-state index in [2.05, 4.69) is 23.9 Å². The van der Waals surface area contributed by atoms with Gasteiger partial charge in [-0.2, -0.15) is 0 Å². The number of nitrogens with one attached hydrogen (secondary N) is 1. The molecule has 396 valence electrons. The van der Waals surface area contributed by atoms with Crippen molar-refractivity contribution in [1.29, 1.82) is 0 Å². The molecule has 0 aromatic heterocycles. The molecule has 2 heterocycles. The zero-order chi connectivity index (χ0) is 50.1. The molecule has 2 rings (SSSR count). The van der Waals surface area contributed by atoms with Crippen LogP contribution in [0, 0.1) is 0 Å². The molecule has 1 amide bonds. The van der Waals surface area contributed by atoms with E-state index in [-0.39, 0.29) is 24.0 Å². The highest BCUT2D eigenvalue weighted by atomic mass is 16.7. The smallest absolute Gasteiger partial charge is 0.341 e. The number of aliphatic carboxylic acids is 1. The Balaban J connectivity index is 0.00000111. The van der Waals surface area contributed by atoms with Gasteiger partial charge < -0.3 is 44.6 Å². The third kappa shape index (κ3) is 43.4. The average molecular weight is 957 g/mol. The van der Waals surface area contributed by atoms with Crippen molar-refractivity contribution in [2.45, 2.75) is 284 Å². The number of rotatable bonds is 37. The fraction of sp³-hybridized carbons (Fsp3) is 0.926. The number of amides is 1. The summed E-state index contributed by atoms with van der Waals surface area (Å²) in [7, 11) is 0. The fourth-order valence-electron chi connectivity index (χ4n) is 7.67. The summed E-state index contributed by atoms with van der Waals surface area (Å²) in [5, 5.41) is 11.2. The summed E-state index contributed by atoms with van der Waals surface area (Å²) in [4.78, 5) is 45.4. The maximum atomic E-state index is 12.1. The van der Waals surface area contributed by atoms with E-state index in [1.54, 1.807) is 0 Å². The Morgan fingerprint density at radius 3 is 1.00 bits per heavy atom. The van der Waals surface area contributed by atoms with Crippen molar-refractivity contribution in [2.75, 3.05) is 39.6 Å². The van der Waals surface area contributed by atoms with Crippen LogP contribution in [-0.2, 0) is 47.6 Å². The Bertz CT molecular complexity index is 1200. The van der Waals surface area contributed by atoms with Crippen molar-refractivity contribution < 1.29 is 52.7 Å². The molecule has 0 atom stereocenters. The molecule has 0 aromatic carbocycles.